The predicted octanol–water partition coefficient (Wildman–Crippen LogP) is 2.13. The van der Waals surface area contributed by atoms with Crippen molar-refractivity contribution in [2.24, 2.45) is 0 Å². The zero-order valence-corrected chi connectivity index (χ0v) is 11.6. The number of carbonyl (C=O) groups is 1. The first-order chi connectivity index (χ1) is 9.78. The molecule has 106 valence electrons. The van der Waals surface area contributed by atoms with E-state index in [9.17, 15) is 4.79 Å². The zero-order valence-electron chi connectivity index (χ0n) is 11.6. The SMILES string of the molecule is CCC(=O)N(c1ccccc1)C1C[C@@H]2O[C@H](C1)[C@H]1O[C@H]12. The van der Waals surface area contributed by atoms with Crippen LogP contribution in [-0.2, 0) is 14.3 Å². The van der Waals surface area contributed by atoms with Crippen molar-refractivity contribution in [3.05, 3.63) is 30.3 Å². The molecule has 0 aliphatic carbocycles. The van der Waals surface area contributed by atoms with Gasteiger partial charge in [0.2, 0.25) is 5.91 Å². The van der Waals surface area contributed by atoms with Crippen LogP contribution < -0.4 is 4.90 Å². The quantitative estimate of drug-likeness (QED) is 0.792. The lowest BCUT2D eigenvalue weighted by Gasteiger charge is -2.38. The predicted molar refractivity (Wildman–Crippen MR) is 74.6 cm³/mol. The molecule has 3 aliphatic rings. The van der Waals surface area contributed by atoms with E-state index in [4.69, 9.17) is 9.47 Å². The van der Waals surface area contributed by atoms with Crippen LogP contribution >= 0.6 is 0 Å². The van der Waals surface area contributed by atoms with E-state index in [2.05, 4.69) is 0 Å². The van der Waals surface area contributed by atoms with Crippen LogP contribution in [0.3, 0.4) is 0 Å². The van der Waals surface area contributed by atoms with E-state index in [0.717, 1.165) is 18.5 Å². The average molecular weight is 273 g/mol. The second-order valence-electron chi connectivity index (χ2n) is 5.86. The van der Waals surface area contributed by atoms with Gasteiger partial charge in [0.25, 0.3) is 0 Å². The number of para-hydroxylation sites is 1. The minimum Gasteiger partial charge on any atom is -0.369 e. The Kier molecular flexibility index (Phi) is 2.82. The van der Waals surface area contributed by atoms with E-state index in [1.165, 1.54) is 0 Å². The molecule has 3 saturated heterocycles. The highest BCUT2D eigenvalue weighted by Crippen LogP contribution is 2.47. The topological polar surface area (TPSA) is 42.1 Å². The summed E-state index contributed by atoms with van der Waals surface area (Å²) in [6.45, 7) is 1.92. The number of ether oxygens (including phenoxy) is 2. The molecular weight excluding hydrogens is 254 g/mol. The summed E-state index contributed by atoms with van der Waals surface area (Å²) in [5.74, 6) is 0.192. The Morgan fingerprint density at radius 2 is 1.80 bits per heavy atom. The van der Waals surface area contributed by atoms with E-state index < -0.39 is 0 Å². The van der Waals surface area contributed by atoms with Gasteiger partial charge in [-0.3, -0.25) is 4.79 Å². The molecular formula is C16H19NO3. The number of benzene rings is 1. The molecule has 0 spiro atoms. The van der Waals surface area contributed by atoms with Crippen LogP contribution in [0.5, 0.6) is 0 Å². The molecule has 4 rings (SSSR count). The number of hydrogen-bond donors (Lipinski definition) is 0. The van der Waals surface area contributed by atoms with Crippen LogP contribution in [0.1, 0.15) is 26.2 Å². The molecule has 1 amide bonds. The van der Waals surface area contributed by atoms with Gasteiger partial charge in [0.05, 0.1) is 12.2 Å². The molecule has 3 heterocycles. The molecule has 3 fully saturated rings. The Labute approximate surface area is 118 Å². The first kappa shape index (κ1) is 12.4. The third kappa shape index (κ3) is 1.86. The Balaban J connectivity index is 1.61. The summed E-state index contributed by atoms with van der Waals surface area (Å²) in [6.07, 6.45) is 3.25. The summed E-state index contributed by atoms with van der Waals surface area (Å²) in [4.78, 5) is 14.4. The number of rotatable bonds is 3. The van der Waals surface area contributed by atoms with Gasteiger partial charge >= 0.3 is 0 Å². The van der Waals surface area contributed by atoms with Gasteiger partial charge < -0.3 is 14.4 Å². The lowest BCUT2D eigenvalue weighted by Crippen LogP contribution is -2.47. The highest BCUT2D eigenvalue weighted by atomic mass is 16.7. The molecule has 0 saturated carbocycles. The number of epoxide rings is 1. The molecule has 4 nitrogen and oxygen atoms in total. The van der Waals surface area contributed by atoms with Gasteiger partial charge in [-0.25, -0.2) is 0 Å². The lowest BCUT2D eigenvalue weighted by atomic mass is 9.99. The van der Waals surface area contributed by atoms with Crippen molar-refractivity contribution in [3.63, 3.8) is 0 Å². The average Bonchev–Trinajstić information content (AvgIpc) is 3.24. The number of amides is 1. The van der Waals surface area contributed by atoms with Gasteiger partial charge in [-0.05, 0) is 25.0 Å². The van der Waals surface area contributed by atoms with Gasteiger partial charge in [0, 0.05) is 18.2 Å². The van der Waals surface area contributed by atoms with E-state index in [1.807, 2.05) is 42.2 Å². The third-order valence-corrected chi connectivity index (χ3v) is 4.62. The number of carbonyl (C=O) groups excluding carboxylic acids is 1. The van der Waals surface area contributed by atoms with Crippen molar-refractivity contribution in [2.45, 2.75) is 56.6 Å². The zero-order chi connectivity index (χ0) is 13.7. The van der Waals surface area contributed by atoms with Gasteiger partial charge in [0.1, 0.15) is 12.2 Å². The minimum atomic E-state index is 0.180. The number of anilines is 1. The van der Waals surface area contributed by atoms with Gasteiger partial charge in [-0.2, -0.15) is 0 Å². The van der Waals surface area contributed by atoms with Gasteiger partial charge in [-0.15, -0.1) is 0 Å². The maximum atomic E-state index is 12.4. The van der Waals surface area contributed by atoms with Gasteiger partial charge in [-0.1, -0.05) is 25.1 Å². The van der Waals surface area contributed by atoms with Crippen molar-refractivity contribution in [1.29, 1.82) is 0 Å². The Hall–Kier alpha value is -1.39. The monoisotopic (exact) mass is 273 g/mol. The smallest absolute Gasteiger partial charge is 0.226 e. The van der Waals surface area contributed by atoms with Crippen molar-refractivity contribution in [1.82, 2.24) is 0 Å². The second-order valence-corrected chi connectivity index (χ2v) is 5.86. The van der Waals surface area contributed by atoms with E-state index in [1.54, 1.807) is 0 Å². The molecule has 1 aromatic rings. The molecule has 1 aromatic carbocycles. The van der Waals surface area contributed by atoms with Crippen LogP contribution in [0.4, 0.5) is 5.69 Å². The second kappa shape index (κ2) is 4.57. The number of fused-ring (bicyclic) bond motifs is 5. The molecule has 1 unspecified atom stereocenters. The Bertz CT molecular complexity index is 502. The highest BCUT2D eigenvalue weighted by Gasteiger charge is 2.61. The van der Waals surface area contributed by atoms with Crippen molar-refractivity contribution >= 4 is 11.6 Å². The summed E-state index contributed by atoms with van der Waals surface area (Å²) in [5.41, 5.74) is 1.00. The normalized spacial score (nSPS) is 37.4. The third-order valence-electron chi connectivity index (χ3n) is 4.62. The van der Waals surface area contributed by atoms with Crippen molar-refractivity contribution < 1.29 is 14.3 Å². The van der Waals surface area contributed by atoms with Crippen LogP contribution in [0.15, 0.2) is 30.3 Å². The minimum absolute atomic E-state index is 0.180. The van der Waals surface area contributed by atoms with E-state index >= 15 is 0 Å². The summed E-state index contributed by atoms with van der Waals surface area (Å²) in [7, 11) is 0. The molecule has 5 atom stereocenters. The number of nitrogens with zero attached hydrogens (tertiary/aromatic N) is 1. The first-order valence-electron chi connectivity index (χ1n) is 7.46. The molecule has 4 heteroatoms. The summed E-state index contributed by atoms with van der Waals surface area (Å²) in [6, 6.07) is 10.2. The Morgan fingerprint density at radius 3 is 2.40 bits per heavy atom. The molecule has 0 N–H and O–H groups in total. The maximum absolute atomic E-state index is 12.4. The maximum Gasteiger partial charge on any atom is 0.226 e. The van der Waals surface area contributed by atoms with Crippen LogP contribution in [0.2, 0.25) is 0 Å². The molecule has 2 bridgehead atoms. The van der Waals surface area contributed by atoms with Crippen LogP contribution in [0, 0.1) is 0 Å². The molecule has 0 radical (unpaired) electrons. The van der Waals surface area contributed by atoms with Crippen LogP contribution in [-0.4, -0.2) is 36.4 Å². The molecule has 20 heavy (non-hydrogen) atoms. The standard InChI is InChI=1S/C16H19NO3/c1-2-14(18)17(10-6-4-3-5-7-10)11-8-12-15-16(20-15)13(9-11)19-12/h3-7,11-13,15-16H,2,8-9H2,1H3/t11?,12-,13+,15-,16+. The Morgan fingerprint density at radius 1 is 1.15 bits per heavy atom. The van der Waals surface area contributed by atoms with E-state index in [-0.39, 0.29) is 24.2 Å². The summed E-state index contributed by atoms with van der Waals surface area (Å²) >= 11 is 0. The summed E-state index contributed by atoms with van der Waals surface area (Å²) < 4.78 is 11.5. The largest absolute Gasteiger partial charge is 0.369 e. The van der Waals surface area contributed by atoms with Crippen LogP contribution in [0.25, 0.3) is 0 Å². The first-order valence-corrected chi connectivity index (χ1v) is 7.46. The summed E-state index contributed by atoms with van der Waals surface area (Å²) in [5, 5.41) is 0. The fourth-order valence-corrected chi connectivity index (χ4v) is 3.65. The lowest BCUT2D eigenvalue weighted by molar-refractivity contribution is -0.120. The number of hydrogen-bond acceptors (Lipinski definition) is 3. The van der Waals surface area contributed by atoms with Gasteiger partial charge in [0.15, 0.2) is 0 Å². The molecule has 3 aliphatic heterocycles. The van der Waals surface area contributed by atoms with E-state index in [0.29, 0.717) is 18.6 Å². The highest BCUT2D eigenvalue weighted by molar-refractivity contribution is 5.93. The van der Waals surface area contributed by atoms with Crippen molar-refractivity contribution in [3.8, 4) is 0 Å². The van der Waals surface area contributed by atoms with Crippen molar-refractivity contribution in [2.75, 3.05) is 4.90 Å². The fraction of sp³-hybridized carbons (Fsp3) is 0.562. The fourth-order valence-electron chi connectivity index (χ4n) is 3.65. The molecule has 0 aromatic heterocycles.